The van der Waals surface area contributed by atoms with Crippen LogP contribution >= 0.6 is 0 Å². The Hall–Kier alpha value is -8.15. The molecule has 5 fully saturated rings. The molecule has 5 saturated carbocycles. The van der Waals surface area contributed by atoms with E-state index in [0.717, 1.165) is 73.8 Å². The van der Waals surface area contributed by atoms with Crippen molar-refractivity contribution >= 4 is 54.4 Å². The lowest BCUT2D eigenvalue weighted by molar-refractivity contribution is 0.0476. The van der Waals surface area contributed by atoms with Crippen LogP contribution in [0.25, 0.3) is 111 Å². The molecular weight excluding hydrogens is 851 g/mol. The summed E-state index contributed by atoms with van der Waals surface area (Å²) in [4.78, 5) is 15.6. The number of aromatic nitrogens is 5. The Morgan fingerprint density at radius 1 is 0.400 bits per heavy atom. The van der Waals surface area contributed by atoms with E-state index in [2.05, 4.69) is 191 Å². The maximum atomic E-state index is 5.26. The van der Waals surface area contributed by atoms with Crippen molar-refractivity contribution in [2.45, 2.75) is 24.7 Å². The topological polar surface area (TPSA) is 48.5 Å². The second-order valence-corrected chi connectivity index (χ2v) is 21.1. The van der Waals surface area contributed by atoms with Crippen molar-refractivity contribution in [1.82, 2.24) is 24.1 Å². The van der Waals surface area contributed by atoms with Crippen molar-refractivity contribution in [2.75, 3.05) is 0 Å². The van der Waals surface area contributed by atoms with Gasteiger partial charge in [0.25, 0.3) is 0 Å². The molecule has 3 aromatic heterocycles. The lowest BCUT2D eigenvalue weighted by Crippen LogP contribution is -2.50. The van der Waals surface area contributed by atoms with Crippen LogP contribution in [-0.2, 0) is 5.41 Å². The third kappa shape index (κ3) is 4.89. The molecule has 0 radical (unpaired) electrons. The van der Waals surface area contributed by atoms with E-state index < -0.39 is 0 Å². The van der Waals surface area contributed by atoms with E-state index in [9.17, 15) is 0 Å². The molecule has 5 nitrogen and oxygen atoms in total. The maximum absolute atomic E-state index is 5.26. The minimum Gasteiger partial charge on any atom is -0.309 e. The van der Waals surface area contributed by atoms with Gasteiger partial charge in [-0.15, -0.1) is 0 Å². The molecular formula is C65H45N5. The van der Waals surface area contributed by atoms with Gasteiger partial charge in [0.1, 0.15) is 0 Å². The van der Waals surface area contributed by atoms with Crippen LogP contribution in [0.1, 0.15) is 30.4 Å². The van der Waals surface area contributed by atoms with Gasteiger partial charge in [0, 0.05) is 43.8 Å². The van der Waals surface area contributed by atoms with Gasteiger partial charge in [-0.2, -0.15) is 9.97 Å². The van der Waals surface area contributed by atoms with Crippen LogP contribution in [0.15, 0.2) is 200 Å². The predicted octanol–water partition coefficient (Wildman–Crippen LogP) is 15.4. The molecule has 7 unspecified atom stereocenters. The van der Waals surface area contributed by atoms with Crippen LogP contribution in [0.2, 0.25) is 0 Å². The number of rotatable bonds is 5. The van der Waals surface area contributed by atoms with E-state index in [0.29, 0.717) is 17.6 Å². The minimum atomic E-state index is 0.145. The Morgan fingerprint density at radius 2 is 1.03 bits per heavy atom. The average Bonchev–Trinajstić information content (AvgIpc) is 3.62. The van der Waals surface area contributed by atoms with Gasteiger partial charge in [-0.25, -0.2) is 4.98 Å². The highest BCUT2D eigenvalue weighted by molar-refractivity contribution is 6.12. The quantitative estimate of drug-likeness (QED) is 0.173. The molecule has 1 spiro atoms. The van der Waals surface area contributed by atoms with Crippen molar-refractivity contribution < 1.29 is 0 Å². The summed E-state index contributed by atoms with van der Waals surface area (Å²) in [6.07, 6.45) is 4.26. The first kappa shape index (κ1) is 37.8. The Bertz CT molecular complexity index is 4240. The maximum Gasteiger partial charge on any atom is 0.238 e. The van der Waals surface area contributed by atoms with Crippen molar-refractivity contribution in [1.29, 1.82) is 0 Å². The highest BCUT2D eigenvalue weighted by Gasteiger charge is 2.76. The van der Waals surface area contributed by atoms with Gasteiger partial charge in [0.2, 0.25) is 5.95 Å². The number of nitrogens with zero attached hydrogens (tertiary/aromatic N) is 5. The third-order valence-electron chi connectivity index (χ3n) is 18.1. The van der Waals surface area contributed by atoms with Crippen molar-refractivity contribution in [3.05, 3.63) is 211 Å². The Morgan fingerprint density at radius 3 is 1.81 bits per heavy atom. The second kappa shape index (κ2) is 13.5. The monoisotopic (exact) mass is 895 g/mol. The zero-order valence-electron chi connectivity index (χ0n) is 38.4. The van der Waals surface area contributed by atoms with E-state index >= 15 is 0 Å². The van der Waals surface area contributed by atoms with E-state index in [1.165, 1.54) is 74.4 Å². The fraction of sp³-hybridized carbons (Fsp3) is 0.154. The molecule has 330 valence electrons. The van der Waals surface area contributed by atoms with E-state index in [-0.39, 0.29) is 5.41 Å². The normalized spacial score (nSPS) is 23.3. The number of hydrogen-bond donors (Lipinski definition) is 0. The number of para-hydroxylation sites is 2. The predicted molar refractivity (Wildman–Crippen MR) is 283 cm³/mol. The molecule has 0 N–H and O–H groups in total. The molecule has 6 aliphatic carbocycles. The SMILES string of the molecule is c1ccc(-c2nc(-c3ccc4ccccc4c3)nc(-n3c4ccccc4c4cc(-c5ccc6c(c5)c5ccccc5n6-c5ccc6c(c5)C5(c7ccccc7-6)C6CC7CC5C5C(C6)C75)ccc43)n2)cc1. The number of hydrogen-bond acceptors (Lipinski definition) is 3. The van der Waals surface area contributed by atoms with Gasteiger partial charge in [-0.3, -0.25) is 4.57 Å². The minimum absolute atomic E-state index is 0.145. The van der Waals surface area contributed by atoms with Gasteiger partial charge >= 0.3 is 0 Å². The first-order chi connectivity index (χ1) is 34.7. The Labute approximate surface area is 404 Å². The van der Waals surface area contributed by atoms with Crippen LogP contribution in [0.4, 0.5) is 0 Å². The van der Waals surface area contributed by atoms with Gasteiger partial charge in [-0.1, -0.05) is 146 Å². The summed E-state index contributed by atoms with van der Waals surface area (Å²) in [5, 5.41) is 7.19. The molecule has 5 heteroatoms. The van der Waals surface area contributed by atoms with Gasteiger partial charge in [-0.05, 0) is 154 Å². The summed E-state index contributed by atoms with van der Waals surface area (Å²) in [5.41, 5.74) is 16.5. The Kier molecular flexibility index (Phi) is 7.31. The summed E-state index contributed by atoms with van der Waals surface area (Å²) in [6.45, 7) is 0. The summed E-state index contributed by atoms with van der Waals surface area (Å²) >= 11 is 0. The molecule has 7 atom stereocenters. The van der Waals surface area contributed by atoms with Crippen LogP contribution < -0.4 is 0 Å². The Balaban J connectivity index is 0.811. The molecule has 0 amide bonds. The second-order valence-electron chi connectivity index (χ2n) is 21.1. The van der Waals surface area contributed by atoms with Crippen molar-refractivity contribution in [2.24, 2.45) is 35.5 Å². The molecule has 0 aliphatic heterocycles. The zero-order chi connectivity index (χ0) is 45.4. The highest BCUT2D eigenvalue weighted by atomic mass is 15.2. The van der Waals surface area contributed by atoms with Gasteiger partial charge in [0.05, 0.1) is 22.1 Å². The van der Waals surface area contributed by atoms with Crippen LogP contribution in [-0.4, -0.2) is 24.1 Å². The van der Waals surface area contributed by atoms with Crippen molar-refractivity contribution in [3.8, 4) is 56.7 Å². The molecule has 6 aliphatic rings. The van der Waals surface area contributed by atoms with Crippen molar-refractivity contribution in [3.63, 3.8) is 0 Å². The summed E-state index contributed by atoms with van der Waals surface area (Å²) in [5.74, 6) is 7.30. The lowest BCUT2D eigenvalue weighted by atomic mass is 9.49. The molecule has 9 aromatic carbocycles. The molecule has 12 aromatic rings. The molecule has 4 bridgehead atoms. The lowest BCUT2D eigenvalue weighted by Gasteiger charge is -2.54. The number of benzene rings is 9. The summed E-state index contributed by atoms with van der Waals surface area (Å²) < 4.78 is 4.77. The molecule has 70 heavy (non-hydrogen) atoms. The molecule has 3 heterocycles. The van der Waals surface area contributed by atoms with Crippen LogP contribution in [0.3, 0.4) is 0 Å². The standard InChI is InChI=1S/C65H45N5/c1-2-13-38(14-3-1)62-66-63(42-23-22-37-12-4-5-15-39(37)30-42)68-64(67-62)70-57-21-11-8-18-49(57)51-33-41(25-29-59(51)70)40-24-28-58-50(32-40)48-17-7-10-20-56(48)69(58)45-26-27-47-46-16-6-9-19-53(46)65(54(47)36-45)44-31-43-34-55(65)61-52(35-44)60(43)61/h1-30,32-33,36,43-44,52,55,60-61H,31,34-35H2. The first-order valence-corrected chi connectivity index (χ1v) is 25.3. The molecule has 0 saturated heterocycles. The largest absolute Gasteiger partial charge is 0.309 e. The van der Waals surface area contributed by atoms with E-state index in [1.807, 2.05) is 18.2 Å². The first-order valence-electron chi connectivity index (χ1n) is 25.3. The third-order valence-corrected chi connectivity index (χ3v) is 18.1. The summed E-state index contributed by atoms with van der Waals surface area (Å²) in [6, 6.07) is 73.8. The van der Waals surface area contributed by atoms with E-state index in [4.69, 9.17) is 15.0 Å². The summed E-state index contributed by atoms with van der Waals surface area (Å²) in [7, 11) is 0. The number of fused-ring (bicyclic) bond motifs is 10. The van der Waals surface area contributed by atoms with Crippen LogP contribution in [0, 0.1) is 35.5 Å². The smallest absolute Gasteiger partial charge is 0.238 e. The van der Waals surface area contributed by atoms with Gasteiger partial charge < -0.3 is 4.57 Å². The fourth-order valence-electron chi connectivity index (χ4n) is 15.6. The van der Waals surface area contributed by atoms with Crippen LogP contribution in [0.5, 0.6) is 0 Å². The zero-order valence-corrected chi connectivity index (χ0v) is 38.4. The molecule has 18 rings (SSSR count). The highest BCUT2D eigenvalue weighted by Crippen LogP contribution is 2.82. The van der Waals surface area contributed by atoms with E-state index in [1.54, 1.807) is 11.1 Å². The average molecular weight is 896 g/mol. The van der Waals surface area contributed by atoms with Gasteiger partial charge in [0.15, 0.2) is 11.6 Å². The fourth-order valence-corrected chi connectivity index (χ4v) is 15.6.